The molecule has 0 aliphatic carbocycles. The summed E-state index contributed by atoms with van der Waals surface area (Å²) < 4.78 is 10.2. The molecule has 1 rings (SSSR count). The highest BCUT2D eigenvalue weighted by atomic mass is 16.5. The maximum absolute atomic E-state index is 5.52. The fourth-order valence-corrected chi connectivity index (χ4v) is 1.13. The summed E-state index contributed by atoms with van der Waals surface area (Å²) in [5.74, 6) is 1.75. The van der Waals surface area contributed by atoms with Gasteiger partial charge in [0.05, 0.1) is 0 Å². The van der Waals surface area contributed by atoms with E-state index in [0.29, 0.717) is 24.2 Å². The van der Waals surface area contributed by atoms with Gasteiger partial charge < -0.3 is 15.0 Å². The molecule has 0 aromatic carbocycles. The van der Waals surface area contributed by atoms with Crippen molar-refractivity contribution in [3.63, 3.8) is 0 Å². The average molecular weight is 213 g/mol. The van der Waals surface area contributed by atoms with Gasteiger partial charge in [0.15, 0.2) is 5.82 Å². The lowest BCUT2D eigenvalue weighted by atomic mass is 10.1. The van der Waals surface area contributed by atoms with Crippen molar-refractivity contribution >= 4 is 0 Å². The Balaban J connectivity index is 2.46. The Bertz CT molecular complexity index is 288. The molecule has 15 heavy (non-hydrogen) atoms. The summed E-state index contributed by atoms with van der Waals surface area (Å²) in [6.45, 7) is 4.68. The zero-order chi connectivity index (χ0) is 11.3. The molecule has 86 valence electrons. The molecule has 1 heterocycles. The van der Waals surface area contributed by atoms with E-state index in [0.717, 1.165) is 12.8 Å². The first-order chi connectivity index (χ1) is 7.17. The van der Waals surface area contributed by atoms with Crippen LogP contribution >= 0.6 is 0 Å². The summed E-state index contributed by atoms with van der Waals surface area (Å²) >= 11 is 0. The molecular formula is C10H19N3O2. The number of ether oxygens (including phenoxy) is 1. The second-order valence-corrected chi connectivity index (χ2v) is 3.80. The molecule has 0 aliphatic rings. The Labute approximate surface area is 90.0 Å². The third-order valence-electron chi connectivity index (χ3n) is 2.45. The van der Waals surface area contributed by atoms with Gasteiger partial charge in [-0.2, -0.15) is 4.98 Å². The molecule has 0 radical (unpaired) electrons. The van der Waals surface area contributed by atoms with Gasteiger partial charge in [0.25, 0.3) is 0 Å². The fraction of sp³-hybridized carbons (Fsp3) is 0.800. The minimum atomic E-state index is -0.116. The van der Waals surface area contributed by atoms with Gasteiger partial charge in [-0.25, -0.2) is 0 Å². The van der Waals surface area contributed by atoms with Gasteiger partial charge in [0, 0.05) is 13.5 Å². The van der Waals surface area contributed by atoms with Gasteiger partial charge in [-0.1, -0.05) is 12.1 Å². The molecule has 0 bridgehead atoms. The molecule has 1 aromatic rings. The Hall–Kier alpha value is -0.940. The van der Waals surface area contributed by atoms with Crippen molar-refractivity contribution in [1.29, 1.82) is 0 Å². The summed E-state index contributed by atoms with van der Waals surface area (Å²) in [4.78, 5) is 4.24. The quantitative estimate of drug-likeness (QED) is 0.771. The number of nitrogens with zero attached hydrogens (tertiary/aromatic N) is 2. The van der Waals surface area contributed by atoms with Crippen LogP contribution in [0.1, 0.15) is 38.1 Å². The van der Waals surface area contributed by atoms with Gasteiger partial charge in [0.2, 0.25) is 5.89 Å². The molecule has 2 atom stereocenters. The standard InChI is InChI=1S/C10H19N3O2/c1-7(6-11)4-5-9-12-10(13-15-9)8(2)14-3/h7-8H,4-6,11H2,1-3H3. The summed E-state index contributed by atoms with van der Waals surface area (Å²) in [6.07, 6.45) is 1.64. The molecule has 0 spiro atoms. The summed E-state index contributed by atoms with van der Waals surface area (Å²) in [6, 6.07) is 0. The number of aryl methyl sites for hydroxylation is 1. The molecule has 5 heteroatoms. The second kappa shape index (κ2) is 5.82. The Kier molecular flexibility index (Phi) is 4.71. The number of hydrogen-bond donors (Lipinski definition) is 1. The van der Waals surface area contributed by atoms with Crippen molar-refractivity contribution in [3.8, 4) is 0 Å². The van der Waals surface area contributed by atoms with E-state index in [1.165, 1.54) is 0 Å². The van der Waals surface area contributed by atoms with E-state index in [1.54, 1.807) is 7.11 Å². The zero-order valence-electron chi connectivity index (χ0n) is 9.56. The van der Waals surface area contributed by atoms with Crippen LogP contribution in [0.25, 0.3) is 0 Å². The van der Waals surface area contributed by atoms with Crippen LogP contribution in [0, 0.1) is 5.92 Å². The van der Waals surface area contributed by atoms with Crippen molar-refractivity contribution in [3.05, 3.63) is 11.7 Å². The van der Waals surface area contributed by atoms with Gasteiger partial charge >= 0.3 is 0 Å². The van der Waals surface area contributed by atoms with Crippen LogP contribution in [-0.4, -0.2) is 23.8 Å². The van der Waals surface area contributed by atoms with Crippen LogP contribution in [0.5, 0.6) is 0 Å². The summed E-state index contributed by atoms with van der Waals surface area (Å²) in [7, 11) is 1.62. The van der Waals surface area contributed by atoms with Gasteiger partial charge in [-0.05, 0) is 25.8 Å². The van der Waals surface area contributed by atoms with Crippen LogP contribution in [-0.2, 0) is 11.2 Å². The van der Waals surface area contributed by atoms with Crippen LogP contribution in [0.4, 0.5) is 0 Å². The molecular weight excluding hydrogens is 194 g/mol. The molecule has 2 unspecified atom stereocenters. The Morgan fingerprint density at radius 3 is 2.80 bits per heavy atom. The Morgan fingerprint density at radius 1 is 1.47 bits per heavy atom. The topological polar surface area (TPSA) is 74.2 Å². The van der Waals surface area contributed by atoms with Crippen LogP contribution in [0.2, 0.25) is 0 Å². The maximum atomic E-state index is 5.52. The third-order valence-corrected chi connectivity index (χ3v) is 2.45. The average Bonchev–Trinajstić information content (AvgIpc) is 2.73. The lowest BCUT2D eigenvalue weighted by Crippen LogP contribution is -2.11. The number of nitrogens with two attached hydrogens (primary N) is 1. The highest BCUT2D eigenvalue weighted by molar-refractivity contribution is 4.90. The summed E-state index contributed by atoms with van der Waals surface area (Å²) in [5, 5.41) is 3.85. The highest BCUT2D eigenvalue weighted by Gasteiger charge is 2.13. The van der Waals surface area contributed by atoms with Gasteiger partial charge in [-0.3, -0.25) is 0 Å². The number of hydrogen-bond acceptors (Lipinski definition) is 5. The van der Waals surface area contributed by atoms with Gasteiger partial charge in [0.1, 0.15) is 6.10 Å². The van der Waals surface area contributed by atoms with E-state index >= 15 is 0 Å². The minimum Gasteiger partial charge on any atom is -0.374 e. The second-order valence-electron chi connectivity index (χ2n) is 3.80. The van der Waals surface area contributed by atoms with Crippen LogP contribution < -0.4 is 5.73 Å². The van der Waals surface area contributed by atoms with E-state index in [-0.39, 0.29) is 6.10 Å². The zero-order valence-corrected chi connectivity index (χ0v) is 9.56. The first-order valence-electron chi connectivity index (χ1n) is 5.22. The number of aromatic nitrogens is 2. The van der Waals surface area contributed by atoms with Crippen molar-refractivity contribution < 1.29 is 9.26 Å². The van der Waals surface area contributed by atoms with Gasteiger partial charge in [-0.15, -0.1) is 0 Å². The molecule has 0 amide bonds. The monoisotopic (exact) mass is 213 g/mol. The molecule has 2 N–H and O–H groups in total. The van der Waals surface area contributed by atoms with E-state index in [4.69, 9.17) is 15.0 Å². The van der Waals surface area contributed by atoms with Crippen LogP contribution in [0.3, 0.4) is 0 Å². The number of methoxy groups -OCH3 is 1. The molecule has 0 fully saturated rings. The third kappa shape index (κ3) is 3.60. The lowest BCUT2D eigenvalue weighted by molar-refractivity contribution is 0.109. The first kappa shape index (κ1) is 12.1. The van der Waals surface area contributed by atoms with E-state index in [1.807, 2.05) is 6.92 Å². The van der Waals surface area contributed by atoms with Crippen molar-refractivity contribution in [2.24, 2.45) is 11.7 Å². The van der Waals surface area contributed by atoms with Crippen LogP contribution in [0.15, 0.2) is 4.52 Å². The van der Waals surface area contributed by atoms with E-state index < -0.39 is 0 Å². The molecule has 0 aliphatic heterocycles. The van der Waals surface area contributed by atoms with Crippen molar-refractivity contribution in [2.45, 2.75) is 32.8 Å². The van der Waals surface area contributed by atoms with Crippen molar-refractivity contribution in [1.82, 2.24) is 10.1 Å². The SMILES string of the molecule is COC(C)c1noc(CCC(C)CN)n1. The molecule has 1 aromatic heterocycles. The molecule has 5 nitrogen and oxygen atoms in total. The molecule has 0 saturated carbocycles. The predicted octanol–water partition coefficient (Wildman–Crippen LogP) is 1.30. The fourth-order valence-electron chi connectivity index (χ4n) is 1.13. The predicted molar refractivity (Wildman–Crippen MR) is 56.3 cm³/mol. The largest absolute Gasteiger partial charge is 0.374 e. The Morgan fingerprint density at radius 2 is 2.20 bits per heavy atom. The highest BCUT2D eigenvalue weighted by Crippen LogP contribution is 2.13. The van der Waals surface area contributed by atoms with E-state index in [2.05, 4.69) is 17.1 Å². The lowest BCUT2D eigenvalue weighted by Gasteiger charge is -2.04. The van der Waals surface area contributed by atoms with E-state index in [9.17, 15) is 0 Å². The molecule has 0 saturated heterocycles. The minimum absolute atomic E-state index is 0.116. The number of rotatable bonds is 6. The first-order valence-corrected chi connectivity index (χ1v) is 5.22. The summed E-state index contributed by atoms with van der Waals surface area (Å²) in [5.41, 5.74) is 5.52. The van der Waals surface area contributed by atoms with Crippen molar-refractivity contribution in [2.75, 3.05) is 13.7 Å². The maximum Gasteiger partial charge on any atom is 0.226 e. The normalized spacial score (nSPS) is 15.2. The smallest absolute Gasteiger partial charge is 0.226 e.